The van der Waals surface area contributed by atoms with Gasteiger partial charge in [0, 0.05) is 44.0 Å². The molecule has 2 N–H and O–H groups in total. The second-order valence-corrected chi connectivity index (χ2v) is 4.97. The molecule has 0 amide bonds. The zero-order valence-electron chi connectivity index (χ0n) is 13.1. The first kappa shape index (κ1) is 15.3. The third kappa shape index (κ3) is 4.18. The van der Waals surface area contributed by atoms with E-state index in [4.69, 9.17) is 0 Å². The maximum Gasteiger partial charge on any atom is 0.134 e. The molecule has 114 valence electrons. The van der Waals surface area contributed by atoms with Gasteiger partial charge in [-0.1, -0.05) is 6.92 Å². The average molecular weight is 288 g/mol. The highest BCUT2D eigenvalue weighted by Crippen LogP contribution is 2.20. The van der Waals surface area contributed by atoms with E-state index in [9.17, 15) is 0 Å². The molecule has 2 heterocycles. The van der Waals surface area contributed by atoms with Crippen LogP contribution in [0.25, 0.3) is 0 Å². The van der Waals surface area contributed by atoms with Gasteiger partial charge in [-0.05, 0) is 20.3 Å². The molecule has 2 aromatic heterocycles. The molecule has 0 aromatic carbocycles. The first-order chi connectivity index (χ1) is 10.2. The van der Waals surface area contributed by atoms with Gasteiger partial charge in [0.1, 0.15) is 17.5 Å². The fourth-order valence-electron chi connectivity index (χ4n) is 2.13. The van der Waals surface area contributed by atoms with Gasteiger partial charge in [0.2, 0.25) is 0 Å². The van der Waals surface area contributed by atoms with E-state index in [2.05, 4.69) is 39.4 Å². The van der Waals surface area contributed by atoms with Crippen LogP contribution in [0.3, 0.4) is 0 Å². The first-order valence-corrected chi connectivity index (χ1v) is 7.55. The number of imidazole rings is 1. The van der Waals surface area contributed by atoms with Crippen molar-refractivity contribution in [2.24, 2.45) is 0 Å². The molecule has 0 saturated carbocycles. The molecule has 6 nitrogen and oxygen atoms in total. The molecule has 2 rings (SSSR count). The smallest absolute Gasteiger partial charge is 0.134 e. The fraction of sp³-hybridized carbons (Fsp3) is 0.533. The molecular formula is C15H24N6. The summed E-state index contributed by atoms with van der Waals surface area (Å²) >= 11 is 0. The highest BCUT2D eigenvalue weighted by atomic mass is 15.1. The van der Waals surface area contributed by atoms with Crippen molar-refractivity contribution < 1.29 is 0 Å². The van der Waals surface area contributed by atoms with Gasteiger partial charge in [-0.15, -0.1) is 0 Å². The van der Waals surface area contributed by atoms with E-state index < -0.39 is 0 Å². The molecule has 0 spiro atoms. The summed E-state index contributed by atoms with van der Waals surface area (Å²) in [5.41, 5.74) is 1.07. The quantitative estimate of drug-likeness (QED) is 0.781. The molecule has 0 aliphatic heterocycles. The molecule has 0 saturated heterocycles. The lowest BCUT2D eigenvalue weighted by atomic mass is 10.2. The number of nitrogens with zero attached hydrogens (tertiary/aromatic N) is 4. The Labute approximate surface area is 126 Å². The van der Waals surface area contributed by atoms with Crippen molar-refractivity contribution in [3.8, 4) is 0 Å². The van der Waals surface area contributed by atoms with Crippen molar-refractivity contribution in [1.82, 2.24) is 19.5 Å². The van der Waals surface area contributed by atoms with Crippen LogP contribution < -0.4 is 10.6 Å². The van der Waals surface area contributed by atoms with Crippen LogP contribution in [0.15, 0.2) is 18.7 Å². The summed E-state index contributed by atoms with van der Waals surface area (Å²) in [4.78, 5) is 13.3. The number of rotatable bonds is 8. The molecule has 0 unspecified atom stereocenters. The highest BCUT2D eigenvalue weighted by Gasteiger charge is 2.09. The van der Waals surface area contributed by atoms with Gasteiger partial charge in [0.15, 0.2) is 0 Å². The number of aryl methyl sites for hydroxylation is 1. The van der Waals surface area contributed by atoms with Crippen LogP contribution in [0, 0.1) is 6.92 Å². The minimum absolute atomic E-state index is 0.811. The third-order valence-electron chi connectivity index (χ3n) is 3.23. The van der Waals surface area contributed by atoms with Crippen LogP contribution in [-0.4, -0.2) is 32.6 Å². The molecule has 0 aliphatic rings. The lowest BCUT2D eigenvalue weighted by molar-refractivity contribution is 0.723. The minimum Gasteiger partial charge on any atom is -0.370 e. The van der Waals surface area contributed by atoms with E-state index in [1.807, 2.05) is 24.0 Å². The van der Waals surface area contributed by atoms with Crippen LogP contribution in [-0.2, 0) is 13.0 Å². The van der Waals surface area contributed by atoms with Crippen LogP contribution >= 0.6 is 0 Å². The predicted octanol–water partition coefficient (Wildman–Crippen LogP) is 2.48. The van der Waals surface area contributed by atoms with Crippen molar-refractivity contribution >= 4 is 11.6 Å². The summed E-state index contributed by atoms with van der Waals surface area (Å²) in [6, 6.07) is 0. The predicted molar refractivity (Wildman–Crippen MR) is 85.6 cm³/mol. The molecule has 0 aliphatic carbocycles. The van der Waals surface area contributed by atoms with Crippen LogP contribution in [0.5, 0.6) is 0 Å². The van der Waals surface area contributed by atoms with E-state index in [0.29, 0.717) is 0 Å². The van der Waals surface area contributed by atoms with E-state index in [1.165, 1.54) is 0 Å². The third-order valence-corrected chi connectivity index (χ3v) is 3.23. The van der Waals surface area contributed by atoms with Gasteiger partial charge in [0.05, 0.1) is 6.33 Å². The van der Waals surface area contributed by atoms with E-state index in [-0.39, 0.29) is 0 Å². The van der Waals surface area contributed by atoms with Gasteiger partial charge in [0.25, 0.3) is 0 Å². The van der Waals surface area contributed by atoms with Gasteiger partial charge in [-0.25, -0.2) is 15.0 Å². The number of hydrogen-bond acceptors (Lipinski definition) is 5. The Morgan fingerprint density at radius 1 is 1.14 bits per heavy atom. The van der Waals surface area contributed by atoms with Gasteiger partial charge < -0.3 is 15.2 Å². The Balaban J connectivity index is 2.08. The van der Waals surface area contributed by atoms with E-state index in [0.717, 1.165) is 55.5 Å². The minimum atomic E-state index is 0.811. The molecule has 0 bridgehead atoms. The Morgan fingerprint density at radius 2 is 1.90 bits per heavy atom. The summed E-state index contributed by atoms with van der Waals surface area (Å²) in [5, 5.41) is 6.72. The molecule has 6 heteroatoms. The normalized spacial score (nSPS) is 10.6. The van der Waals surface area contributed by atoms with Gasteiger partial charge in [-0.2, -0.15) is 0 Å². The maximum absolute atomic E-state index is 4.64. The first-order valence-electron chi connectivity index (χ1n) is 7.55. The monoisotopic (exact) mass is 288 g/mol. The molecule has 0 radical (unpaired) electrons. The fourth-order valence-corrected chi connectivity index (χ4v) is 2.13. The number of hydrogen-bond donors (Lipinski definition) is 2. The average Bonchev–Trinajstić information content (AvgIpc) is 2.97. The standard InChI is InChI=1S/C15H24N6/c1-4-6-13-19-14(17-5-2)12(3)15(20-13)18-8-10-21-9-7-16-11-21/h7,9,11H,4-6,8,10H2,1-3H3,(H2,17,18,19,20). The lowest BCUT2D eigenvalue weighted by Crippen LogP contribution is -2.14. The summed E-state index contributed by atoms with van der Waals surface area (Å²) in [5.74, 6) is 2.75. The lowest BCUT2D eigenvalue weighted by Gasteiger charge is -2.14. The Morgan fingerprint density at radius 3 is 2.52 bits per heavy atom. The number of anilines is 2. The van der Waals surface area contributed by atoms with Crippen LogP contribution in [0.2, 0.25) is 0 Å². The van der Waals surface area contributed by atoms with Crippen LogP contribution in [0.4, 0.5) is 11.6 Å². The van der Waals surface area contributed by atoms with Gasteiger partial charge in [-0.3, -0.25) is 0 Å². The molecule has 0 atom stereocenters. The Bertz CT molecular complexity index is 550. The number of nitrogens with one attached hydrogen (secondary N) is 2. The zero-order chi connectivity index (χ0) is 15.1. The summed E-state index contributed by atoms with van der Waals surface area (Å²) in [6.07, 6.45) is 7.51. The van der Waals surface area contributed by atoms with E-state index in [1.54, 1.807) is 6.20 Å². The maximum atomic E-state index is 4.64. The van der Waals surface area contributed by atoms with Crippen LogP contribution in [0.1, 0.15) is 31.7 Å². The topological polar surface area (TPSA) is 67.7 Å². The van der Waals surface area contributed by atoms with Crippen molar-refractivity contribution in [3.05, 3.63) is 30.1 Å². The SMILES string of the molecule is CCCc1nc(NCC)c(C)c(NCCn2ccnc2)n1. The highest BCUT2D eigenvalue weighted by molar-refractivity contribution is 5.57. The van der Waals surface area contributed by atoms with Crippen molar-refractivity contribution in [3.63, 3.8) is 0 Å². The second-order valence-electron chi connectivity index (χ2n) is 4.97. The van der Waals surface area contributed by atoms with Crippen molar-refractivity contribution in [1.29, 1.82) is 0 Å². The summed E-state index contributed by atoms with van der Waals surface area (Å²) in [7, 11) is 0. The molecule has 2 aromatic rings. The summed E-state index contributed by atoms with van der Waals surface area (Å²) < 4.78 is 2.04. The molecular weight excluding hydrogens is 264 g/mol. The van der Waals surface area contributed by atoms with Crippen molar-refractivity contribution in [2.75, 3.05) is 23.7 Å². The second kappa shape index (κ2) is 7.61. The van der Waals surface area contributed by atoms with Crippen molar-refractivity contribution in [2.45, 2.75) is 40.2 Å². The zero-order valence-corrected chi connectivity index (χ0v) is 13.1. The number of aromatic nitrogens is 4. The largest absolute Gasteiger partial charge is 0.370 e. The van der Waals surface area contributed by atoms with E-state index >= 15 is 0 Å². The van der Waals surface area contributed by atoms with Gasteiger partial charge >= 0.3 is 0 Å². The molecule has 0 fully saturated rings. The molecule has 21 heavy (non-hydrogen) atoms. The summed E-state index contributed by atoms with van der Waals surface area (Å²) in [6.45, 7) is 8.80. The Kier molecular flexibility index (Phi) is 5.54. The Hall–Kier alpha value is -2.11.